The minimum atomic E-state index is -2.02. The number of carbonyl (C=O) groups is 19. The number of amides is 15. The highest BCUT2D eigenvalue weighted by molar-refractivity contribution is 8.03. The van der Waals surface area contributed by atoms with Crippen LogP contribution < -0.4 is 91.6 Å². The molecular weight excluding hydrogens is 1760 g/mol. The minimum absolute atomic E-state index is 0.164. The lowest BCUT2D eigenvalue weighted by Gasteiger charge is -2.33. The van der Waals surface area contributed by atoms with Gasteiger partial charge in [0.2, 0.25) is 88.6 Å². The van der Waals surface area contributed by atoms with Crippen LogP contribution in [0.15, 0.2) is 110 Å². The van der Waals surface area contributed by atoms with E-state index in [-0.39, 0.29) is 47.4 Å². The summed E-state index contributed by atoms with van der Waals surface area (Å²) in [5, 5.41) is 87.7. The molecule has 2 fully saturated rings. The number of allylic oxidation sites excluding steroid dienone is 2. The molecule has 0 aromatic heterocycles. The molecule has 130 heavy (non-hydrogen) atoms. The number of nitrogens with one attached hydrogen (secondary N) is 14. The van der Waals surface area contributed by atoms with Gasteiger partial charge in [-0.15, -0.1) is 6.58 Å². The number of ether oxygens (including phenoxy) is 1. The molecule has 5 rings (SSSR count). The topological polar surface area (TPSA) is 684 Å². The van der Waals surface area contributed by atoms with Crippen molar-refractivity contribution in [3.05, 3.63) is 121 Å². The van der Waals surface area contributed by atoms with Crippen LogP contribution in [0.5, 0.6) is 0 Å². The number of benzene rings is 3. The molecule has 0 aliphatic carbocycles. The van der Waals surface area contributed by atoms with E-state index >= 15 is 0 Å². The Balaban J connectivity index is 1.63. The summed E-state index contributed by atoms with van der Waals surface area (Å²) in [7, 11) is 0. The van der Waals surface area contributed by atoms with E-state index in [1.807, 2.05) is 0 Å². The summed E-state index contributed by atoms with van der Waals surface area (Å²) in [6, 6.07) is -4.71. The van der Waals surface area contributed by atoms with Crippen LogP contribution in [0, 0.1) is 11.3 Å². The molecule has 0 spiro atoms. The molecule has 2 aliphatic heterocycles. The molecule has 2 unspecified atom stereocenters. The summed E-state index contributed by atoms with van der Waals surface area (Å²) in [6.45, 7) is 18.8. The van der Waals surface area contributed by atoms with E-state index < -0.39 is 284 Å². The lowest BCUT2D eigenvalue weighted by Crippen LogP contribution is -2.62. The zero-order chi connectivity index (χ0) is 97.0. The van der Waals surface area contributed by atoms with Gasteiger partial charge >= 0.3 is 23.9 Å². The van der Waals surface area contributed by atoms with Crippen molar-refractivity contribution in [3.8, 4) is 0 Å². The van der Waals surface area contributed by atoms with Gasteiger partial charge in [0.15, 0.2) is 0 Å². The number of fused-ring (bicyclic) bond motifs is 2. The van der Waals surface area contributed by atoms with E-state index in [2.05, 4.69) is 87.6 Å². The number of thioether (sulfide) groups is 3. The van der Waals surface area contributed by atoms with E-state index in [0.717, 1.165) is 48.3 Å². The lowest BCUT2D eigenvalue weighted by atomic mass is 9.85. The van der Waals surface area contributed by atoms with Gasteiger partial charge in [0.1, 0.15) is 84.8 Å². The first kappa shape index (κ1) is 108. The van der Waals surface area contributed by atoms with Crippen molar-refractivity contribution >= 4 is 159 Å². The summed E-state index contributed by atoms with van der Waals surface area (Å²) in [4.78, 5) is 264. The first-order valence-corrected chi connectivity index (χ1v) is 45.1. The number of carboxylic acids is 4. The minimum Gasteiger partial charge on any atom is -0.481 e. The second kappa shape index (κ2) is 53.2. The summed E-state index contributed by atoms with van der Waals surface area (Å²) in [5.74, 6) is -23.8. The largest absolute Gasteiger partial charge is 0.481 e. The fraction of sp³-hybridized carbons (Fsp3) is 0.518. The van der Waals surface area contributed by atoms with E-state index in [9.17, 15) is 117 Å². The molecule has 3 aromatic rings. The molecule has 2 heterocycles. The maximum absolute atomic E-state index is 15.0. The number of carboxylic acid groups (broad SMARTS) is 4. The first-order chi connectivity index (χ1) is 61.2. The highest BCUT2D eigenvalue weighted by Crippen LogP contribution is 2.28. The lowest BCUT2D eigenvalue weighted by molar-refractivity contribution is -0.142. The quantitative estimate of drug-likeness (QED) is 0.0196. The van der Waals surface area contributed by atoms with E-state index in [1.165, 1.54) is 47.6 Å². The van der Waals surface area contributed by atoms with Crippen molar-refractivity contribution in [3.63, 3.8) is 0 Å². The van der Waals surface area contributed by atoms with Gasteiger partial charge in [-0.2, -0.15) is 35.3 Å². The molecule has 42 nitrogen and oxygen atoms in total. The van der Waals surface area contributed by atoms with Crippen LogP contribution in [-0.4, -0.2) is 282 Å². The number of rotatable bonds is 28. The Morgan fingerprint density at radius 2 is 1.05 bits per heavy atom. The third-order valence-corrected chi connectivity index (χ3v) is 24.1. The fourth-order valence-electron chi connectivity index (χ4n) is 13.1. The molecular formula is C85H119N17O25S3. The molecule has 25 N–H and O–H groups in total. The van der Waals surface area contributed by atoms with Gasteiger partial charge in [-0.3, -0.25) is 96.4 Å². The predicted octanol–water partition coefficient (Wildman–Crippen LogP) is -3.00. The number of primary amides is 2. The van der Waals surface area contributed by atoms with Crippen molar-refractivity contribution in [2.45, 2.75) is 229 Å². The third kappa shape index (κ3) is 36.8. The number of hydrogen-bond donors (Lipinski definition) is 22. The Labute approximate surface area is 763 Å². The summed E-state index contributed by atoms with van der Waals surface area (Å²) in [5.41, 5.74) is 17.5. The van der Waals surface area contributed by atoms with Gasteiger partial charge in [0.25, 0.3) is 0 Å². The SMILES string of the molecule is C=C/C(=C\C)CSC[C@H]1NC(=O)[C@@H](C)NC(=O)[C@H](Cc2cccc3ccccc23)NC(=O)[C@H](CCC(=O)O)NC(=O)[C@H](CC(N)=O)NC(=O)[C@@H](C)NC(=O)[C@@H](NC(=O)[C@H](C)N)CSCCSC[C@@H](C(N)=O)NC(=O)[C@H](C(C)(C)C)NC(=O)[C@H](CC(=O)O)NC(=O)[C@H](C[C@@H](C)C(O)C=C)NC(=O)[C@H](Cc2ccccc2)NC2O[C@@H]2[C@H](CC(=O)O)NC(=O)[C@H](CCC(=O)O)NC1=O. The second-order valence-electron chi connectivity index (χ2n) is 32.3. The van der Waals surface area contributed by atoms with Gasteiger partial charge in [-0.1, -0.05) is 125 Å². The monoisotopic (exact) mass is 1870 g/mol. The number of hydrogen-bond acceptors (Lipinski definition) is 26. The van der Waals surface area contributed by atoms with Gasteiger partial charge < -0.3 is 117 Å². The number of epoxide rings is 1. The van der Waals surface area contributed by atoms with Crippen LogP contribution in [-0.2, 0) is 109 Å². The Kier molecular flexibility index (Phi) is 44.4. The molecule has 0 radical (unpaired) electrons. The Morgan fingerprint density at radius 1 is 0.554 bits per heavy atom. The van der Waals surface area contributed by atoms with Crippen LogP contribution in [0.1, 0.15) is 118 Å². The zero-order valence-electron chi connectivity index (χ0n) is 73.2. The van der Waals surface area contributed by atoms with Crippen molar-refractivity contribution in [2.75, 3.05) is 34.5 Å². The summed E-state index contributed by atoms with van der Waals surface area (Å²) < 4.78 is 5.95. The highest BCUT2D eigenvalue weighted by atomic mass is 32.2. The summed E-state index contributed by atoms with van der Waals surface area (Å²) in [6.07, 6.45) is -6.66. The molecule has 45 heteroatoms. The van der Waals surface area contributed by atoms with Gasteiger partial charge in [-0.05, 0) is 92.2 Å². The van der Waals surface area contributed by atoms with Crippen molar-refractivity contribution < 1.29 is 121 Å². The van der Waals surface area contributed by atoms with Crippen LogP contribution in [0.2, 0.25) is 0 Å². The fourth-order valence-corrected chi connectivity index (χ4v) is 16.5. The maximum Gasteiger partial charge on any atom is 0.305 e. The standard InChI is InChI=1S/C85H119N17O25S3/c1-11-46(12-2)38-130-41-61-82(125)92-51(26-28-64(105)106)74(117)93-53(36-66(109)110)68-84(127-68)101-55(33-47-20-15-14-16-21-47)78(121)95-54(32-42(4)62(103)13-3)77(120)97-58(37-67(111)112)80(123)102-69(85(8,9)10)83(126)98-59(70(88)113)39-128-30-31-129-40-60(99-71(114)43(5)86)81(124)90-44(6)72(115)94-57(35-63(87)104)79(122)91-52(27-29-65(107)108)75(118)96-56(76(119)89-45(7)73(116)100-61)34-49-24-19-23-48-22-17-18-25-50(48)49/h11-25,42-45,51-62,68-69,84,101,103H,1,3,26-41,86H2,2,4-10H3,(H2,87,104)(H2,88,113)(H,89,119)(H,90,124)(H,91,122)(H,92,125)(H,93,117)(H,94,115)(H,95,121)(H,96,118)(H,97,120)(H,98,126)(H,99,114)(H,100,116)(H,102,123)(H,105,106)(H,107,108)(H,109,110)(H,111,112)/b46-12+/t42-,43+,44-,45-,51+,52+,53+,54+,55+,56+,57+,58+,59+,60+,61-,62?,68-,69-,84?/m1/s1. The summed E-state index contributed by atoms with van der Waals surface area (Å²) >= 11 is 3.23. The highest BCUT2D eigenvalue weighted by Gasteiger charge is 2.49. The van der Waals surface area contributed by atoms with Gasteiger partial charge in [0, 0.05) is 53.8 Å². The van der Waals surface area contributed by atoms with Crippen LogP contribution >= 0.6 is 35.3 Å². The molecule has 0 saturated carbocycles. The predicted molar refractivity (Wildman–Crippen MR) is 480 cm³/mol. The van der Waals surface area contributed by atoms with Crippen molar-refractivity contribution in [2.24, 2.45) is 28.5 Å². The van der Waals surface area contributed by atoms with Crippen LogP contribution in [0.4, 0.5) is 0 Å². The molecule has 15 amide bonds. The number of aliphatic hydroxyl groups is 1. The van der Waals surface area contributed by atoms with Crippen molar-refractivity contribution in [1.82, 2.24) is 74.4 Å². The van der Waals surface area contributed by atoms with Gasteiger partial charge in [0.05, 0.1) is 43.5 Å². The third-order valence-electron chi connectivity index (χ3n) is 20.6. The Hall–Kier alpha value is -12.0. The van der Waals surface area contributed by atoms with Gasteiger partial charge in [-0.25, -0.2) is 0 Å². The number of carbonyl (C=O) groups excluding carboxylic acids is 15. The Morgan fingerprint density at radius 3 is 1.61 bits per heavy atom. The molecule has 2 aliphatic rings. The van der Waals surface area contributed by atoms with Crippen LogP contribution in [0.25, 0.3) is 10.8 Å². The van der Waals surface area contributed by atoms with Crippen LogP contribution in [0.3, 0.4) is 0 Å². The number of nitrogens with two attached hydrogens (primary N) is 3. The first-order valence-electron chi connectivity index (χ1n) is 41.6. The molecule has 3 aromatic carbocycles. The van der Waals surface area contributed by atoms with E-state index in [4.69, 9.17) is 21.9 Å². The maximum atomic E-state index is 15.0. The molecule has 712 valence electrons. The smallest absolute Gasteiger partial charge is 0.305 e. The second-order valence-corrected chi connectivity index (χ2v) is 35.6. The van der Waals surface area contributed by atoms with E-state index in [1.54, 1.807) is 85.8 Å². The molecule has 2 saturated heterocycles. The Bertz CT molecular complexity index is 4610. The number of aliphatic hydroxyl groups excluding tert-OH is 1. The molecule has 0 bridgehead atoms. The van der Waals surface area contributed by atoms with Crippen molar-refractivity contribution in [1.29, 1.82) is 0 Å². The average Bonchev–Trinajstić information content (AvgIpc) is 1.62. The normalized spacial score (nSPS) is 25.9. The molecule has 19 atom stereocenters. The number of aliphatic carboxylic acids is 4. The average molecular weight is 1880 g/mol. The zero-order valence-corrected chi connectivity index (χ0v) is 75.7. The van der Waals surface area contributed by atoms with E-state index in [0.29, 0.717) is 27.5 Å².